The van der Waals surface area contributed by atoms with Crippen LogP contribution in [0.2, 0.25) is 0 Å². The van der Waals surface area contributed by atoms with E-state index in [9.17, 15) is 4.79 Å². The Kier molecular flexibility index (Phi) is 3.62. The number of aromatic nitrogens is 1. The summed E-state index contributed by atoms with van der Waals surface area (Å²) in [5.41, 5.74) is 1.24. The largest absolute Gasteiger partial charge is 0.478 e. The van der Waals surface area contributed by atoms with Gasteiger partial charge in [0.05, 0.1) is 10.0 Å². The highest BCUT2D eigenvalue weighted by molar-refractivity contribution is 9.10. The van der Waals surface area contributed by atoms with Crippen molar-refractivity contribution in [2.75, 3.05) is 0 Å². The fourth-order valence-electron chi connectivity index (χ4n) is 1.37. The zero-order valence-electron chi connectivity index (χ0n) is 9.55. The second-order valence-electron chi connectivity index (χ2n) is 3.73. The number of aryl methyl sites for hydroxylation is 1. The molecular formula is C13H10BrNO3. The number of halogens is 1. The molecule has 0 saturated heterocycles. The van der Waals surface area contributed by atoms with Crippen LogP contribution in [0, 0.1) is 6.92 Å². The lowest BCUT2D eigenvalue weighted by Gasteiger charge is -2.07. The van der Waals surface area contributed by atoms with Crippen LogP contribution in [0.5, 0.6) is 11.6 Å². The summed E-state index contributed by atoms with van der Waals surface area (Å²) >= 11 is 3.40. The second kappa shape index (κ2) is 5.18. The molecule has 0 atom stereocenters. The molecule has 0 aliphatic carbocycles. The van der Waals surface area contributed by atoms with Gasteiger partial charge in [0, 0.05) is 12.3 Å². The molecule has 0 spiro atoms. The summed E-state index contributed by atoms with van der Waals surface area (Å²) in [6, 6.07) is 8.65. The monoisotopic (exact) mass is 307 g/mol. The number of ether oxygens (including phenoxy) is 1. The van der Waals surface area contributed by atoms with Crippen LogP contribution in [0.15, 0.2) is 41.0 Å². The van der Waals surface area contributed by atoms with Gasteiger partial charge in [0.25, 0.3) is 0 Å². The van der Waals surface area contributed by atoms with Gasteiger partial charge in [-0.25, -0.2) is 9.78 Å². The fraction of sp³-hybridized carbons (Fsp3) is 0.0769. The SMILES string of the molecule is Cc1ccc(Oc2ccc(C(=O)O)cn2)c(Br)c1. The molecule has 0 saturated carbocycles. The van der Waals surface area contributed by atoms with Gasteiger partial charge in [-0.3, -0.25) is 0 Å². The minimum Gasteiger partial charge on any atom is -0.478 e. The predicted octanol–water partition coefficient (Wildman–Crippen LogP) is 3.64. The van der Waals surface area contributed by atoms with Gasteiger partial charge in [-0.15, -0.1) is 0 Å². The van der Waals surface area contributed by atoms with Gasteiger partial charge >= 0.3 is 5.97 Å². The molecule has 0 unspecified atom stereocenters. The van der Waals surface area contributed by atoms with E-state index in [1.165, 1.54) is 18.3 Å². The average molecular weight is 308 g/mol. The number of carbonyl (C=O) groups is 1. The smallest absolute Gasteiger partial charge is 0.337 e. The van der Waals surface area contributed by atoms with Crippen LogP contribution in [-0.2, 0) is 0 Å². The van der Waals surface area contributed by atoms with Crippen molar-refractivity contribution in [3.63, 3.8) is 0 Å². The molecule has 18 heavy (non-hydrogen) atoms. The number of rotatable bonds is 3. The molecule has 1 N–H and O–H groups in total. The van der Waals surface area contributed by atoms with E-state index in [0.717, 1.165) is 10.0 Å². The van der Waals surface area contributed by atoms with Crippen molar-refractivity contribution >= 4 is 21.9 Å². The topological polar surface area (TPSA) is 59.4 Å². The van der Waals surface area contributed by atoms with Crippen LogP contribution in [-0.4, -0.2) is 16.1 Å². The first kappa shape index (κ1) is 12.6. The van der Waals surface area contributed by atoms with E-state index >= 15 is 0 Å². The van der Waals surface area contributed by atoms with Crippen molar-refractivity contribution in [3.05, 3.63) is 52.1 Å². The molecule has 2 rings (SSSR count). The second-order valence-corrected chi connectivity index (χ2v) is 4.58. The summed E-state index contributed by atoms with van der Waals surface area (Å²) in [5.74, 6) is -0.0219. The van der Waals surface area contributed by atoms with Gasteiger partial charge in [-0.1, -0.05) is 6.07 Å². The molecule has 0 radical (unpaired) electrons. The summed E-state index contributed by atoms with van der Waals surface area (Å²) in [6.07, 6.45) is 1.26. The van der Waals surface area contributed by atoms with Crippen molar-refractivity contribution in [2.24, 2.45) is 0 Å². The van der Waals surface area contributed by atoms with Gasteiger partial charge in [-0.05, 0) is 46.6 Å². The normalized spacial score (nSPS) is 10.1. The number of hydrogen-bond donors (Lipinski definition) is 1. The summed E-state index contributed by atoms with van der Waals surface area (Å²) in [6.45, 7) is 1.98. The maximum Gasteiger partial charge on any atom is 0.337 e. The Labute approximate surface area is 112 Å². The first-order valence-electron chi connectivity index (χ1n) is 5.19. The zero-order chi connectivity index (χ0) is 13.1. The Morgan fingerprint density at radius 2 is 2.11 bits per heavy atom. The van der Waals surface area contributed by atoms with Crippen molar-refractivity contribution < 1.29 is 14.6 Å². The molecule has 1 aromatic carbocycles. The molecule has 1 aromatic heterocycles. The molecule has 0 amide bonds. The van der Waals surface area contributed by atoms with Crippen LogP contribution in [0.3, 0.4) is 0 Å². The summed E-state index contributed by atoms with van der Waals surface area (Å²) in [7, 11) is 0. The molecule has 0 aliphatic heterocycles. The van der Waals surface area contributed by atoms with Gasteiger partial charge in [0.15, 0.2) is 0 Å². The quantitative estimate of drug-likeness (QED) is 0.940. The fourth-order valence-corrected chi connectivity index (χ4v) is 1.94. The van der Waals surface area contributed by atoms with Crippen molar-refractivity contribution in [2.45, 2.75) is 6.92 Å². The molecule has 2 aromatic rings. The van der Waals surface area contributed by atoms with E-state index in [-0.39, 0.29) is 5.56 Å². The van der Waals surface area contributed by atoms with Crippen LogP contribution in [0.25, 0.3) is 0 Å². The summed E-state index contributed by atoms with van der Waals surface area (Å²) in [4.78, 5) is 14.6. The number of benzene rings is 1. The van der Waals surface area contributed by atoms with Crippen LogP contribution in [0.4, 0.5) is 0 Å². The van der Waals surface area contributed by atoms with E-state index in [1.807, 2.05) is 25.1 Å². The van der Waals surface area contributed by atoms with E-state index in [4.69, 9.17) is 9.84 Å². The third-order valence-electron chi connectivity index (χ3n) is 2.29. The maximum absolute atomic E-state index is 10.7. The van der Waals surface area contributed by atoms with E-state index in [2.05, 4.69) is 20.9 Å². The predicted molar refractivity (Wildman–Crippen MR) is 70.1 cm³/mol. The van der Waals surface area contributed by atoms with Gasteiger partial charge in [0.1, 0.15) is 5.75 Å². The van der Waals surface area contributed by atoms with Crippen molar-refractivity contribution in [1.29, 1.82) is 0 Å². The van der Waals surface area contributed by atoms with Gasteiger partial charge < -0.3 is 9.84 Å². The first-order chi connectivity index (χ1) is 8.56. The van der Waals surface area contributed by atoms with Crippen LogP contribution < -0.4 is 4.74 Å². The standard InChI is InChI=1S/C13H10BrNO3/c1-8-2-4-11(10(14)6-8)18-12-5-3-9(7-15-12)13(16)17/h2-7H,1H3,(H,16,17). The maximum atomic E-state index is 10.7. The zero-order valence-corrected chi connectivity index (χ0v) is 11.1. The molecular weight excluding hydrogens is 298 g/mol. The number of carboxylic acid groups (broad SMARTS) is 1. The van der Waals surface area contributed by atoms with Gasteiger partial charge in [0.2, 0.25) is 5.88 Å². The highest BCUT2D eigenvalue weighted by Gasteiger charge is 2.06. The lowest BCUT2D eigenvalue weighted by molar-refractivity contribution is 0.0696. The molecule has 5 heteroatoms. The highest BCUT2D eigenvalue weighted by atomic mass is 79.9. The van der Waals surface area contributed by atoms with Crippen molar-refractivity contribution in [1.82, 2.24) is 4.98 Å². The Bertz CT molecular complexity index is 581. The third-order valence-corrected chi connectivity index (χ3v) is 2.90. The lowest BCUT2D eigenvalue weighted by atomic mass is 10.2. The lowest BCUT2D eigenvalue weighted by Crippen LogP contribution is -1.97. The number of carboxylic acids is 1. The van der Waals surface area contributed by atoms with E-state index < -0.39 is 5.97 Å². The summed E-state index contributed by atoms with van der Waals surface area (Å²) < 4.78 is 6.37. The first-order valence-corrected chi connectivity index (χ1v) is 5.99. The number of hydrogen-bond acceptors (Lipinski definition) is 3. The minimum absolute atomic E-state index is 0.130. The van der Waals surface area contributed by atoms with Crippen LogP contribution >= 0.6 is 15.9 Å². The minimum atomic E-state index is -1.01. The van der Waals surface area contributed by atoms with Crippen LogP contribution in [0.1, 0.15) is 15.9 Å². The number of pyridine rings is 1. The van der Waals surface area contributed by atoms with E-state index in [0.29, 0.717) is 11.6 Å². The third kappa shape index (κ3) is 2.87. The average Bonchev–Trinajstić information content (AvgIpc) is 2.33. The molecule has 4 nitrogen and oxygen atoms in total. The Balaban J connectivity index is 2.21. The molecule has 1 heterocycles. The number of aromatic carboxylic acids is 1. The molecule has 92 valence electrons. The molecule has 0 fully saturated rings. The van der Waals surface area contributed by atoms with E-state index in [1.54, 1.807) is 0 Å². The number of nitrogens with zero attached hydrogens (tertiary/aromatic N) is 1. The highest BCUT2D eigenvalue weighted by Crippen LogP contribution is 2.29. The summed E-state index contributed by atoms with van der Waals surface area (Å²) in [5, 5.41) is 8.75. The molecule has 0 aliphatic rings. The van der Waals surface area contributed by atoms with Gasteiger partial charge in [-0.2, -0.15) is 0 Å². The Morgan fingerprint density at radius 1 is 1.33 bits per heavy atom. The Morgan fingerprint density at radius 3 is 2.67 bits per heavy atom. The Hall–Kier alpha value is -1.88. The molecule has 0 bridgehead atoms. The van der Waals surface area contributed by atoms with Crippen molar-refractivity contribution in [3.8, 4) is 11.6 Å².